The maximum absolute atomic E-state index is 12.9. The Balaban J connectivity index is 3.45. The van der Waals surface area contributed by atoms with E-state index in [1.807, 2.05) is 0 Å². The van der Waals surface area contributed by atoms with E-state index in [-0.39, 0.29) is 6.07 Å². The molecule has 0 heterocycles. The standard InChI is InChI=1S/C8H5F4NO2/c9-2-1-3(10)6(12)4(5(2)11)7(13)8(14)15/h1,7H,13H2,(H,14,15)/t7-/m0/s1. The number of benzene rings is 1. The first-order valence-corrected chi connectivity index (χ1v) is 3.67. The van der Waals surface area contributed by atoms with Crippen molar-refractivity contribution in [1.29, 1.82) is 0 Å². The smallest absolute Gasteiger partial charge is 0.325 e. The Bertz CT molecular complexity index is 395. The second kappa shape index (κ2) is 3.85. The highest BCUT2D eigenvalue weighted by atomic mass is 19.2. The molecule has 0 spiro atoms. The molecule has 0 aliphatic heterocycles. The molecule has 0 unspecified atom stereocenters. The molecular weight excluding hydrogens is 218 g/mol. The van der Waals surface area contributed by atoms with E-state index in [2.05, 4.69) is 0 Å². The van der Waals surface area contributed by atoms with Crippen molar-refractivity contribution >= 4 is 5.97 Å². The zero-order valence-corrected chi connectivity index (χ0v) is 7.10. The van der Waals surface area contributed by atoms with Crippen LogP contribution in [0.1, 0.15) is 11.6 Å². The summed E-state index contributed by atoms with van der Waals surface area (Å²) in [6.07, 6.45) is 0. The molecule has 0 aromatic heterocycles. The number of rotatable bonds is 2. The van der Waals surface area contributed by atoms with Crippen LogP contribution in [-0.4, -0.2) is 11.1 Å². The van der Waals surface area contributed by atoms with Gasteiger partial charge in [-0.3, -0.25) is 4.79 Å². The second-order valence-electron chi connectivity index (χ2n) is 2.70. The minimum atomic E-state index is -2.16. The Morgan fingerprint density at radius 1 is 1.20 bits per heavy atom. The van der Waals surface area contributed by atoms with E-state index >= 15 is 0 Å². The van der Waals surface area contributed by atoms with Crippen LogP contribution < -0.4 is 5.73 Å². The summed E-state index contributed by atoms with van der Waals surface area (Å²) in [5.41, 5.74) is 3.53. The quantitative estimate of drug-likeness (QED) is 0.587. The number of hydrogen-bond donors (Lipinski definition) is 2. The van der Waals surface area contributed by atoms with Crippen molar-refractivity contribution in [2.45, 2.75) is 6.04 Å². The van der Waals surface area contributed by atoms with Gasteiger partial charge in [0.1, 0.15) is 6.04 Å². The molecule has 0 saturated carbocycles. The third-order valence-electron chi connectivity index (χ3n) is 1.72. The molecule has 3 nitrogen and oxygen atoms in total. The molecule has 0 bridgehead atoms. The fourth-order valence-electron chi connectivity index (χ4n) is 0.988. The summed E-state index contributed by atoms with van der Waals surface area (Å²) in [6, 6.07) is -2.18. The molecule has 1 aromatic rings. The molecule has 0 saturated heterocycles. The van der Waals surface area contributed by atoms with E-state index in [9.17, 15) is 22.4 Å². The monoisotopic (exact) mass is 223 g/mol. The van der Waals surface area contributed by atoms with E-state index in [1.54, 1.807) is 0 Å². The topological polar surface area (TPSA) is 63.3 Å². The fraction of sp³-hybridized carbons (Fsp3) is 0.125. The average molecular weight is 223 g/mol. The number of hydrogen-bond acceptors (Lipinski definition) is 2. The fourth-order valence-corrected chi connectivity index (χ4v) is 0.988. The molecule has 15 heavy (non-hydrogen) atoms. The number of carboxylic acids is 1. The molecule has 0 aliphatic carbocycles. The highest BCUT2D eigenvalue weighted by Crippen LogP contribution is 2.23. The molecule has 7 heteroatoms. The zero-order chi connectivity index (χ0) is 11.7. The predicted octanol–water partition coefficient (Wildman–Crippen LogP) is 1.33. The van der Waals surface area contributed by atoms with Gasteiger partial charge in [0.05, 0.1) is 5.56 Å². The summed E-state index contributed by atoms with van der Waals surface area (Å²) in [5.74, 6) is -8.79. The lowest BCUT2D eigenvalue weighted by atomic mass is 10.1. The normalized spacial score (nSPS) is 12.6. The van der Waals surface area contributed by atoms with E-state index in [0.717, 1.165) is 0 Å². The van der Waals surface area contributed by atoms with Crippen LogP contribution in [0.4, 0.5) is 17.6 Å². The summed E-state index contributed by atoms with van der Waals surface area (Å²) < 4.78 is 51.1. The predicted molar refractivity (Wildman–Crippen MR) is 40.8 cm³/mol. The van der Waals surface area contributed by atoms with Crippen molar-refractivity contribution < 1.29 is 27.5 Å². The van der Waals surface area contributed by atoms with Crippen molar-refractivity contribution in [3.63, 3.8) is 0 Å². The van der Waals surface area contributed by atoms with E-state index in [4.69, 9.17) is 10.8 Å². The Morgan fingerprint density at radius 2 is 1.60 bits per heavy atom. The lowest BCUT2D eigenvalue weighted by Crippen LogP contribution is -2.24. The number of carbonyl (C=O) groups is 1. The molecule has 0 radical (unpaired) electrons. The molecule has 3 N–H and O–H groups in total. The second-order valence-corrected chi connectivity index (χ2v) is 2.70. The van der Waals surface area contributed by atoms with Crippen LogP contribution in [0.3, 0.4) is 0 Å². The van der Waals surface area contributed by atoms with Crippen LogP contribution >= 0.6 is 0 Å². The van der Waals surface area contributed by atoms with Crippen LogP contribution in [0.5, 0.6) is 0 Å². The molecule has 1 aromatic carbocycles. The van der Waals surface area contributed by atoms with Gasteiger partial charge in [-0.05, 0) is 0 Å². The van der Waals surface area contributed by atoms with Crippen molar-refractivity contribution in [2.75, 3.05) is 0 Å². The van der Waals surface area contributed by atoms with Gasteiger partial charge in [0.2, 0.25) is 0 Å². The summed E-state index contributed by atoms with van der Waals surface area (Å²) in [7, 11) is 0. The highest BCUT2D eigenvalue weighted by Gasteiger charge is 2.27. The van der Waals surface area contributed by atoms with Gasteiger partial charge in [-0.2, -0.15) is 0 Å². The summed E-state index contributed by atoms with van der Waals surface area (Å²) in [5, 5.41) is 8.36. The third-order valence-corrected chi connectivity index (χ3v) is 1.72. The van der Waals surface area contributed by atoms with Gasteiger partial charge >= 0.3 is 5.97 Å². The first kappa shape index (κ1) is 11.4. The molecule has 1 rings (SSSR count). The maximum Gasteiger partial charge on any atom is 0.325 e. The molecule has 82 valence electrons. The van der Waals surface area contributed by atoms with Crippen molar-refractivity contribution in [3.05, 3.63) is 34.9 Å². The number of aliphatic carboxylic acids is 1. The number of carboxylic acid groups (broad SMARTS) is 1. The first-order chi connectivity index (χ1) is 6.86. The van der Waals surface area contributed by atoms with E-state index in [1.165, 1.54) is 0 Å². The van der Waals surface area contributed by atoms with Crippen LogP contribution in [0.15, 0.2) is 6.07 Å². The minimum Gasteiger partial charge on any atom is -0.480 e. The Morgan fingerprint density at radius 3 is 1.93 bits per heavy atom. The van der Waals surface area contributed by atoms with Crippen LogP contribution in [0.25, 0.3) is 0 Å². The average Bonchev–Trinajstić information content (AvgIpc) is 2.15. The van der Waals surface area contributed by atoms with Gasteiger partial charge in [0, 0.05) is 6.07 Å². The largest absolute Gasteiger partial charge is 0.480 e. The Kier molecular flexibility index (Phi) is 2.94. The lowest BCUT2D eigenvalue weighted by molar-refractivity contribution is -0.138. The summed E-state index contributed by atoms with van der Waals surface area (Å²) in [4.78, 5) is 10.3. The van der Waals surface area contributed by atoms with Gasteiger partial charge in [0.15, 0.2) is 23.3 Å². The van der Waals surface area contributed by atoms with Crippen molar-refractivity contribution in [1.82, 2.24) is 0 Å². The molecule has 0 amide bonds. The number of halogens is 4. The summed E-state index contributed by atoms with van der Waals surface area (Å²) in [6.45, 7) is 0. The molecular formula is C8H5F4NO2. The van der Waals surface area contributed by atoms with Crippen LogP contribution in [-0.2, 0) is 4.79 Å². The zero-order valence-electron chi connectivity index (χ0n) is 7.10. The molecule has 0 aliphatic rings. The van der Waals surface area contributed by atoms with Crippen LogP contribution in [0, 0.1) is 23.3 Å². The molecule has 0 fully saturated rings. The lowest BCUT2D eigenvalue weighted by Gasteiger charge is -2.10. The SMILES string of the molecule is N[C@H](C(=O)O)c1c(F)c(F)cc(F)c1F. The van der Waals surface area contributed by atoms with Crippen LogP contribution in [0.2, 0.25) is 0 Å². The van der Waals surface area contributed by atoms with Gasteiger partial charge in [-0.25, -0.2) is 17.6 Å². The van der Waals surface area contributed by atoms with Gasteiger partial charge < -0.3 is 10.8 Å². The van der Waals surface area contributed by atoms with E-state index < -0.39 is 40.8 Å². The number of nitrogens with two attached hydrogens (primary N) is 1. The van der Waals surface area contributed by atoms with Crippen molar-refractivity contribution in [3.8, 4) is 0 Å². The van der Waals surface area contributed by atoms with E-state index in [0.29, 0.717) is 0 Å². The van der Waals surface area contributed by atoms with Gasteiger partial charge in [-0.15, -0.1) is 0 Å². The maximum atomic E-state index is 12.9. The van der Waals surface area contributed by atoms with Crippen molar-refractivity contribution in [2.24, 2.45) is 5.73 Å². The van der Waals surface area contributed by atoms with Gasteiger partial charge in [-0.1, -0.05) is 0 Å². The third kappa shape index (κ3) is 1.91. The highest BCUT2D eigenvalue weighted by molar-refractivity contribution is 5.75. The molecule has 1 atom stereocenters. The minimum absolute atomic E-state index is 0.0251. The summed E-state index contributed by atoms with van der Waals surface area (Å²) >= 11 is 0. The Hall–Kier alpha value is -1.63. The Labute approximate surface area is 81.1 Å². The first-order valence-electron chi connectivity index (χ1n) is 3.67. The van der Waals surface area contributed by atoms with Gasteiger partial charge in [0.25, 0.3) is 0 Å².